The second-order valence-electron chi connectivity index (χ2n) is 9.29. The van der Waals surface area contributed by atoms with Crippen molar-refractivity contribution in [1.82, 2.24) is 15.1 Å². The standard InChI is InChI=1S/C27H39N3O4/c1-2-34-26(31)28-22-27(10-12-29-14-18-32-19-15-29,11-13-30-16-20-33-21-17-30)25-9-5-7-23-6-3-4-8-24(23)25/h3-9H,2,10-22H2,1H3,(H,28,31). The molecule has 2 aliphatic rings. The number of rotatable bonds is 10. The maximum atomic E-state index is 12.4. The lowest BCUT2D eigenvalue weighted by atomic mass is 9.72. The van der Waals surface area contributed by atoms with Crippen molar-refractivity contribution in [2.75, 3.05) is 78.8 Å². The molecule has 2 aromatic carbocycles. The number of morpholine rings is 2. The molecule has 0 aliphatic carbocycles. The van der Waals surface area contributed by atoms with Gasteiger partial charge in [0.15, 0.2) is 0 Å². The molecule has 2 fully saturated rings. The fraction of sp³-hybridized carbons (Fsp3) is 0.593. The van der Waals surface area contributed by atoms with Crippen molar-refractivity contribution in [3.63, 3.8) is 0 Å². The van der Waals surface area contributed by atoms with Crippen molar-refractivity contribution in [1.29, 1.82) is 0 Å². The molecule has 1 amide bonds. The van der Waals surface area contributed by atoms with Crippen LogP contribution in [0, 0.1) is 0 Å². The summed E-state index contributed by atoms with van der Waals surface area (Å²) < 4.78 is 16.4. The number of nitrogens with one attached hydrogen (secondary N) is 1. The largest absolute Gasteiger partial charge is 0.450 e. The van der Waals surface area contributed by atoms with Gasteiger partial charge in [-0.2, -0.15) is 0 Å². The van der Waals surface area contributed by atoms with Gasteiger partial charge in [0.25, 0.3) is 0 Å². The number of carbonyl (C=O) groups is 1. The Bertz CT molecular complexity index is 882. The van der Waals surface area contributed by atoms with Crippen LogP contribution in [0.3, 0.4) is 0 Å². The Morgan fingerprint density at radius 3 is 2.12 bits per heavy atom. The van der Waals surface area contributed by atoms with Crippen LogP contribution in [0.15, 0.2) is 42.5 Å². The van der Waals surface area contributed by atoms with E-state index in [1.165, 1.54) is 16.3 Å². The van der Waals surface area contributed by atoms with Gasteiger partial charge in [-0.15, -0.1) is 0 Å². The van der Waals surface area contributed by atoms with Gasteiger partial charge >= 0.3 is 6.09 Å². The van der Waals surface area contributed by atoms with Crippen LogP contribution < -0.4 is 5.32 Å². The molecule has 2 aromatic rings. The number of fused-ring (bicyclic) bond motifs is 1. The molecule has 2 heterocycles. The van der Waals surface area contributed by atoms with Gasteiger partial charge < -0.3 is 19.5 Å². The molecule has 0 radical (unpaired) electrons. The predicted molar refractivity (Wildman–Crippen MR) is 134 cm³/mol. The molecule has 0 unspecified atom stereocenters. The third kappa shape index (κ3) is 6.48. The highest BCUT2D eigenvalue weighted by Crippen LogP contribution is 2.37. The lowest BCUT2D eigenvalue weighted by Crippen LogP contribution is -2.47. The van der Waals surface area contributed by atoms with E-state index in [0.717, 1.165) is 78.5 Å². The average Bonchev–Trinajstić information content (AvgIpc) is 2.90. The van der Waals surface area contributed by atoms with Crippen molar-refractivity contribution in [2.24, 2.45) is 0 Å². The third-order valence-corrected chi connectivity index (χ3v) is 7.23. The van der Waals surface area contributed by atoms with Crippen LogP contribution >= 0.6 is 0 Å². The molecular weight excluding hydrogens is 430 g/mol. The molecule has 0 bridgehead atoms. The highest BCUT2D eigenvalue weighted by molar-refractivity contribution is 5.86. The van der Waals surface area contributed by atoms with Crippen molar-refractivity contribution in [3.8, 4) is 0 Å². The van der Waals surface area contributed by atoms with Crippen molar-refractivity contribution < 1.29 is 19.0 Å². The van der Waals surface area contributed by atoms with Gasteiger partial charge in [0.05, 0.1) is 33.0 Å². The minimum atomic E-state index is -0.343. The zero-order valence-corrected chi connectivity index (χ0v) is 20.5. The number of alkyl carbamates (subject to hydrolysis) is 1. The van der Waals surface area contributed by atoms with E-state index in [4.69, 9.17) is 14.2 Å². The SMILES string of the molecule is CCOC(=O)NCC(CCN1CCOCC1)(CCN1CCOCC1)c1cccc2ccccc12. The Morgan fingerprint density at radius 1 is 0.912 bits per heavy atom. The number of carbonyl (C=O) groups excluding carboxylic acids is 1. The normalized spacial score (nSPS) is 18.1. The van der Waals surface area contributed by atoms with Crippen LogP contribution in [0.1, 0.15) is 25.3 Å². The molecule has 2 aliphatic heterocycles. The first kappa shape index (κ1) is 24.9. The Morgan fingerprint density at radius 2 is 1.50 bits per heavy atom. The quantitative estimate of drug-likeness (QED) is 0.576. The van der Waals surface area contributed by atoms with Crippen molar-refractivity contribution >= 4 is 16.9 Å². The summed E-state index contributed by atoms with van der Waals surface area (Å²) in [6, 6.07) is 15.2. The number of nitrogens with zero attached hydrogens (tertiary/aromatic N) is 2. The second kappa shape index (κ2) is 12.5. The maximum Gasteiger partial charge on any atom is 0.407 e. The Balaban J connectivity index is 1.66. The van der Waals surface area contributed by atoms with E-state index in [9.17, 15) is 4.79 Å². The van der Waals surface area contributed by atoms with Gasteiger partial charge in [0, 0.05) is 38.1 Å². The third-order valence-electron chi connectivity index (χ3n) is 7.23. The summed E-state index contributed by atoms with van der Waals surface area (Å²) in [6.45, 7) is 11.7. The summed E-state index contributed by atoms with van der Waals surface area (Å²) in [7, 11) is 0. The van der Waals surface area contributed by atoms with Crippen LogP contribution in [0.2, 0.25) is 0 Å². The molecule has 34 heavy (non-hydrogen) atoms. The van der Waals surface area contributed by atoms with E-state index in [0.29, 0.717) is 13.2 Å². The highest BCUT2D eigenvalue weighted by Gasteiger charge is 2.35. The fourth-order valence-corrected chi connectivity index (χ4v) is 5.17. The molecule has 1 N–H and O–H groups in total. The Hall–Kier alpha value is -2.19. The van der Waals surface area contributed by atoms with Gasteiger partial charge in [0.1, 0.15) is 0 Å². The molecule has 0 atom stereocenters. The molecule has 0 saturated carbocycles. The number of hydrogen-bond donors (Lipinski definition) is 1. The molecule has 0 spiro atoms. The summed E-state index contributed by atoms with van der Waals surface area (Å²) in [5.74, 6) is 0. The smallest absolute Gasteiger partial charge is 0.407 e. The van der Waals surface area contributed by atoms with E-state index in [2.05, 4.69) is 57.6 Å². The first-order chi connectivity index (χ1) is 16.7. The summed E-state index contributed by atoms with van der Waals surface area (Å²) >= 11 is 0. The molecule has 2 saturated heterocycles. The van der Waals surface area contributed by atoms with Gasteiger partial charge in [-0.05, 0) is 49.2 Å². The highest BCUT2D eigenvalue weighted by atomic mass is 16.5. The minimum absolute atomic E-state index is 0.218. The summed E-state index contributed by atoms with van der Waals surface area (Å²) in [4.78, 5) is 17.4. The minimum Gasteiger partial charge on any atom is -0.450 e. The number of benzene rings is 2. The van der Waals surface area contributed by atoms with Gasteiger partial charge in [-0.25, -0.2) is 4.79 Å². The maximum absolute atomic E-state index is 12.4. The van der Waals surface area contributed by atoms with Crippen LogP contribution in [0.25, 0.3) is 10.8 Å². The Kier molecular flexibility index (Phi) is 9.16. The van der Waals surface area contributed by atoms with E-state index >= 15 is 0 Å². The summed E-state index contributed by atoms with van der Waals surface area (Å²) in [5.41, 5.74) is 1.09. The van der Waals surface area contributed by atoms with Crippen molar-refractivity contribution in [3.05, 3.63) is 48.0 Å². The first-order valence-corrected chi connectivity index (χ1v) is 12.7. The zero-order chi connectivity index (χ0) is 23.6. The summed E-state index contributed by atoms with van der Waals surface area (Å²) in [5, 5.41) is 5.61. The zero-order valence-electron chi connectivity index (χ0n) is 20.5. The van der Waals surface area contributed by atoms with Crippen LogP contribution in [-0.4, -0.2) is 94.7 Å². The van der Waals surface area contributed by atoms with E-state index < -0.39 is 0 Å². The molecule has 7 heteroatoms. The van der Waals surface area contributed by atoms with E-state index in [1.807, 2.05) is 6.92 Å². The molecule has 0 aromatic heterocycles. The van der Waals surface area contributed by atoms with Crippen molar-refractivity contribution in [2.45, 2.75) is 25.2 Å². The fourth-order valence-electron chi connectivity index (χ4n) is 5.17. The number of ether oxygens (including phenoxy) is 3. The van der Waals surface area contributed by atoms with Crippen LogP contribution in [0.5, 0.6) is 0 Å². The van der Waals surface area contributed by atoms with Gasteiger partial charge in [0.2, 0.25) is 0 Å². The van der Waals surface area contributed by atoms with Crippen LogP contribution in [0.4, 0.5) is 4.79 Å². The molecule has 7 nitrogen and oxygen atoms in total. The number of hydrogen-bond acceptors (Lipinski definition) is 6. The Labute approximate surface area is 203 Å². The summed E-state index contributed by atoms with van der Waals surface area (Å²) in [6.07, 6.45) is 1.57. The monoisotopic (exact) mass is 469 g/mol. The molecular formula is C27H39N3O4. The number of amides is 1. The van der Waals surface area contributed by atoms with E-state index in [-0.39, 0.29) is 11.5 Å². The second-order valence-corrected chi connectivity index (χ2v) is 9.29. The van der Waals surface area contributed by atoms with Gasteiger partial charge in [-0.1, -0.05) is 42.5 Å². The van der Waals surface area contributed by atoms with Crippen LogP contribution in [-0.2, 0) is 19.6 Å². The topological polar surface area (TPSA) is 63.3 Å². The average molecular weight is 470 g/mol. The van der Waals surface area contributed by atoms with E-state index in [1.54, 1.807) is 0 Å². The molecule has 4 rings (SSSR count). The lowest BCUT2D eigenvalue weighted by Gasteiger charge is -2.40. The molecule has 186 valence electrons. The first-order valence-electron chi connectivity index (χ1n) is 12.7. The lowest BCUT2D eigenvalue weighted by molar-refractivity contribution is 0.0278. The van der Waals surface area contributed by atoms with Gasteiger partial charge in [-0.3, -0.25) is 9.80 Å². The predicted octanol–water partition coefficient (Wildman–Crippen LogP) is 3.27.